The Balaban J connectivity index is 0.00000242. The Morgan fingerprint density at radius 3 is 2.59 bits per heavy atom. The van der Waals surface area contributed by atoms with Crippen LogP contribution in [0, 0.1) is 12.8 Å². The van der Waals surface area contributed by atoms with E-state index in [1.54, 1.807) is 12.3 Å². The molecule has 0 aliphatic rings. The van der Waals surface area contributed by atoms with E-state index < -0.39 is 0 Å². The first-order chi connectivity index (χ1) is 10.1. The number of hydrogen-bond donors (Lipinski definition) is 2. The first kappa shape index (κ1) is 18.1. The zero-order chi connectivity index (χ0) is 15.2. The number of nitrogens with zero attached hydrogens (tertiary/aromatic N) is 2. The van der Waals surface area contributed by atoms with E-state index in [-0.39, 0.29) is 30.3 Å². The Hall–Kier alpha value is -1.98. The van der Waals surface area contributed by atoms with Crippen LogP contribution in [0.4, 0.5) is 0 Å². The summed E-state index contributed by atoms with van der Waals surface area (Å²) in [7, 11) is 0. The standard InChI is InChI=1S/C16H20N4O.ClH/c1-11(15(17)13-6-4-3-5-7-13)16(21)19-10-14-8-9-18-12(2)20-14;/h3-9,11,15H,10,17H2,1-2H3,(H,19,21);1H. The molecule has 1 amide bonds. The number of aryl methyl sites for hydroxylation is 1. The smallest absolute Gasteiger partial charge is 0.225 e. The molecule has 3 N–H and O–H groups in total. The van der Waals surface area contributed by atoms with Gasteiger partial charge in [0, 0.05) is 12.2 Å². The average Bonchev–Trinajstić information content (AvgIpc) is 2.52. The van der Waals surface area contributed by atoms with Crippen LogP contribution in [0.5, 0.6) is 0 Å². The first-order valence-electron chi connectivity index (χ1n) is 6.94. The number of benzene rings is 1. The van der Waals surface area contributed by atoms with Crippen molar-refractivity contribution in [2.75, 3.05) is 0 Å². The topological polar surface area (TPSA) is 80.9 Å². The lowest BCUT2D eigenvalue weighted by molar-refractivity contribution is -0.125. The van der Waals surface area contributed by atoms with Crippen molar-refractivity contribution < 1.29 is 4.79 Å². The highest BCUT2D eigenvalue weighted by Crippen LogP contribution is 2.19. The second kappa shape index (κ2) is 8.46. The van der Waals surface area contributed by atoms with Crippen molar-refractivity contribution in [1.29, 1.82) is 0 Å². The van der Waals surface area contributed by atoms with Gasteiger partial charge < -0.3 is 11.1 Å². The van der Waals surface area contributed by atoms with Crippen LogP contribution in [0.25, 0.3) is 0 Å². The van der Waals surface area contributed by atoms with Crippen molar-refractivity contribution in [2.24, 2.45) is 11.7 Å². The third kappa shape index (κ3) is 4.79. The number of halogens is 1. The lowest BCUT2D eigenvalue weighted by Gasteiger charge is -2.19. The van der Waals surface area contributed by atoms with Crippen molar-refractivity contribution in [3.8, 4) is 0 Å². The van der Waals surface area contributed by atoms with Crippen LogP contribution in [0.2, 0.25) is 0 Å². The summed E-state index contributed by atoms with van der Waals surface area (Å²) in [5.41, 5.74) is 7.89. The van der Waals surface area contributed by atoms with Crippen LogP contribution in [0.15, 0.2) is 42.6 Å². The van der Waals surface area contributed by atoms with Crippen LogP contribution >= 0.6 is 12.4 Å². The second-order valence-electron chi connectivity index (χ2n) is 5.04. The van der Waals surface area contributed by atoms with Gasteiger partial charge in [0.2, 0.25) is 5.91 Å². The molecule has 2 rings (SSSR count). The molecule has 0 radical (unpaired) electrons. The summed E-state index contributed by atoms with van der Waals surface area (Å²) < 4.78 is 0. The summed E-state index contributed by atoms with van der Waals surface area (Å²) >= 11 is 0. The van der Waals surface area contributed by atoms with E-state index in [2.05, 4.69) is 15.3 Å². The number of nitrogens with two attached hydrogens (primary N) is 1. The van der Waals surface area contributed by atoms with E-state index in [0.717, 1.165) is 11.3 Å². The number of nitrogens with one attached hydrogen (secondary N) is 1. The fourth-order valence-electron chi connectivity index (χ4n) is 2.07. The predicted octanol–water partition coefficient (Wildman–Crippen LogP) is 2.16. The van der Waals surface area contributed by atoms with Gasteiger partial charge in [-0.3, -0.25) is 4.79 Å². The molecule has 22 heavy (non-hydrogen) atoms. The Labute approximate surface area is 136 Å². The highest BCUT2D eigenvalue weighted by molar-refractivity contribution is 5.85. The van der Waals surface area contributed by atoms with E-state index in [0.29, 0.717) is 12.4 Å². The van der Waals surface area contributed by atoms with Gasteiger partial charge in [0.05, 0.1) is 18.2 Å². The van der Waals surface area contributed by atoms with Crippen molar-refractivity contribution in [1.82, 2.24) is 15.3 Å². The predicted molar refractivity (Wildman–Crippen MR) is 88.4 cm³/mol. The largest absolute Gasteiger partial charge is 0.350 e. The number of carbonyl (C=O) groups is 1. The molecule has 2 atom stereocenters. The summed E-state index contributed by atoms with van der Waals surface area (Å²) in [6, 6.07) is 11.1. The second-order valence-corrected chi connectivity index (χ2v) is 5.04. The lowest BCUT2D eigenvalue weighted by Crippen LogP contribution is -2.35. The molecule has 1 aromatic carbocycles. The van der Waals surface area contributed by atoms with Crippen molar-refractivity contribution in [3.05, 3.63) is 59.7 Å². The summed E-state index contributed by atoms with van der Waals surface area (Å²) in [5.74, 6) is 0.300. The van der Waals surface area contributed by atoms with Crippen molar-refractivity contribution >= 4 is 18.3 Å². The van der Waals surface area contributed by atoms with Gasteiger partial charge in [-0.2, -0.15) is 0 Å². The van der Waals surface area contributed by atoms with Gasteiger partial charge in [-0.25, -0.2) is 9.97 Å². The van der Waals surface area contributed by atoms with Crippen LogP contribution in [-0.2, 0) is 11.3 Å². The Morgan fingerprint density at radius 1 is 1.27 bits per heavy atom. The maximum atomic E-state index is 12.2. The third-order valence-corrected chi connectivity index (χ3v) is 3.41. The zero-order valence-corrected chi connectivity index (χ0v) is 13.5. The fourth-order valence-corrected chi connectivity index (χ4v) is 2.07. The number of carbonyl (C=O) groups excluding carboxylic acids is 1. The molecular formula is C16H21ClN4O. The number of rotatable bonds is 5. The van der Waals surface area contributed by atoms with Gasteiger partial charge in [-0.15, -0.1) is 12.4 Å². The number of hydrogen-bond acceptors (Lipinski definition) is 4. The maximum Gasteiger partial charge on any atom is 0.225 e. The molecule has 2 aromatic rings. The molecule has 0 fully saturated rings. The Bertz CT molecular complexity index is 606. The van der Waals surface area contributed by atoms with Gasteiger partial charge in [0.1, 0.15) is 5.82 Å². The average molecular weight is 321 g/mol. The molecule has 2 unspecified atom stereocenters. The van der Waals surface area contributed by atoms with E-state index in [1.807, 2.05) is 44.2 Å². The zero-order valence-electron chi connectivity index (χ0n) is 12.7. The minimum atomic E-state index is -0.321. The Morgan fingerprint density at radius 2 is 1.95 bits per heavy atom. The van der Waals surface area contributed by atoms with E-state index in [4.69, 9.17) is 5.73 Å². The third-order valence-electron chi connectivity index (χ3n) is 3.41. The van der Waals surface area contributed by atoms with E-state index in [1.165, 1.54) is 0 Å². The SMILES string of the molecule is Cc1nccc(CNC(=O)C(C)C(N)c2ccccc2)n1.Cl. The van der Waals surface area contributed by atoms with Gasteiger partial charge >= 0.3 is 0 Å². The molecule has 5 nitrogen and oxygen atoms in total. The molecular weight excluding hydrogens is 300 g/mol. The van der Waals surface area contributed by atoms with Crippen LogP contribution < -0.4 is 11.1 Å². The summed E-state index contributed by atoms with van der Waals surface area (Å²) in [4.78, 5) is 20.5. The maximum absolute atomic E-state index is 12.2. The van der Waals surface area contributed by atoms with Gasteiger partial charge in [0.15, 0.2) is 0 Å². The molecule has 0 aliphatic carbocycles. The fraction of sp³-hybridized carbons (Fsp3) is 0.312. The highest BCUT2D eigenvalue weighted by atomic mass is 35.5. The Kier molecular flexibility index (Phi) is 6.95. The van der Waals surface area contributed by atoms with Gasteiger partial charge in [0.25, 0.3) is 0 Å². The number of aromatic nitrogens is 2. The monoisotopic (exact) mass is 320 g/mol. The van der Waals surface area contributed by atoms with Gasteiger partial charge in [-0.05, 0) is 18.6 Å². The molecule has 0 spiro atoms. The molecule has 0 aliphatic heterocycles. The number of amides is 1. The first-order valence-corrected chi connectivity index (χ1v) is 6.94. The van der Waals surface area contributed by atoms with Crippen molar-refractivity contribution in [3.63, 3.8) is 0 Å². The van der Waals surface area contributed by atoms with E-state index in [9.17, 15) is 4.79 Å². The van der Waals surface area contributed by atoms with Gasteiger partial charge in [-0.1, -0.05) is 37.3 Å². The summed E-state index contributed by atoms with van der Waals surface area (Å²) in [6.07, 6.45) is 1.68. The van der Waals surface area contributed by atoms with Crippen LogP contribution in [0.3, 0.4) is 0 Å². The molecule has 1 aromatic heterocycles. The lowest BCUT2D eigenvalue weighted by atomic mass is 9.95. The van der Waals surface area contributed by atoms with Crippen LogP contribution in [-0.4, -0.2) is 15.9 Å². The van der Waals surface area contributed by atoms with E-state index >= 15 is 0 Å². The molecule has 1 heterocycles. The molecule has 6 heteroatoms. The summed E-state index contributed by atoms with van der Waals surface area (Å²) in [5, 5.41) is 2.87. The van der Waals surface area contributed by atoms with Crippen LogP contribution in [0.1, 0.15) is 30.0 Å². The molecule has 118 valence electrons. The minimum Gasteiger partial charge on any atom is -0.350 e. The molecule has 0 saturated heterocycles. The molecule has 0 bridgehead atoms. The highest BCUT2D eigenvalue weighted by Gasteiger charge is 2.21. The quantitative estimate of drug-likeness (QED) is 0.884. The normalized spacial score (nSPS) is 12.9. The molecule has 0 saturated carbocycles. The van der Waals surface area contributed by atoms with Crippen molar-refractivity contribution in [2.45, 2.75) is 26.4 Å². The minimum absolute atomic E-state index is 0. The summed E-state index contributed by atoms with van der Waals surface area (Å²) in [6.45, 7) is 4.03.